The van der Waals surface area contributed by atoms with E-state index >= 15 is 0 Å². The monoisotopic (exact) mass is 320 g/mol. The van der Waals surface area contributed by atoms with Crippen LogP contribution in [0, 0.1) is 11.5 Å². The molecular weight excluding hydrogens is 292 g/mol. The van der Waals surface area contributed by atoms with Crippen molar-refractivity contribution in [1.29, 1.82) is 5.26 Å². The van der Waals surface area contributed by atoms with Crippen molar-refractivity contribution in [2.75, 3.05) is 39.3 Å². The zero-order chi connectivity index (χ0) is 16.2. The summed E-state index contributed by atoms with van der Waals surface area (Å²) in [6, 6.07) is -0.154. The van der Waals surface area contributed by atoms with E-state index in [1.54, 1.807) is 4.90 Å². The molecule has 3 rings (SSSR count). The smallest absolute Gasteiger partial charge is 0.241 e. The first-order valence-corrected chi connectivity index (χ1v) is 9.00. The largest absolute Gasteiger partial charge is 0.373 e. The molecule has 2 atom stereocenters. The molecular formula is C17H28N4O2. The highest BCUT2D eigenvalue weighted by molar-refractivity contribution is 5.83. The quantitative estimate of drug-likeness (QED) is 0.724. The molecule has 2 aliphatic heterocycles. The lowest BCUT2D eigenvalue weighted by Crippen LogP contribution is -2.64. The van der Waals surface area contributed by atoms with Crippen LogP contribution in [0.1, 0.15) is 39.0 Å². The van der Waals surface area contributed by atoms with Crippen molar-refractivity contribution in [3.63, 3.8) is 0 Å². The molecule has 0 aromatic carbocycles. The number of hydrogen-bond acceptors (Lipinski definition) is 5. The summed E-state index contributed by atoms with van der Waals surface area (Å²) in [5, 5.41) is 9.07. The summed E-state index contributed by atoms with van der Waals surface area (Å²) in [4.78, 5) is 18.6. The van der Waals surface area contributed by atoms with Gasteiger partial charge in [-0.15, -0.1) is 0 Å². The summed E-state index contributed by atoms with van der Waals surface area (Å²) in [6.45, 7) is 6.52. The van der Waals surface area contributed by atoms with Gasteiger partial charge in [0.05, 0.1) is 18.8 Å². The maximum atomic E-state index is 12.7. The Morgan fingerprint density at radius 1 is 1.22 bits per heavy atom. The van der Waals surface area contributed by atoms with E-state index in [0.29, 0.717) is 19.2 Å². The molecule has 0 aromatic heterocycles. The molecule has 128 valence electrons. The zero-order valence-electron chi connectivity index (χ0n) is 14.1. The third-order valence-corrected chi connectivity index (χ3v) is 5.34. The van der Waals surface area contributed by atoms with Crippen molar-refractivity contribution in [3.8, 4) is 6.19 Å². The molecule has 6 nitrogen and oxygen atoms in total. The van der Waals surface area contributed by atoms with Crippen LogP contribution < -0.4 is 0 Å². The Morgan fingerprint density at radius 3 is 2.70 bits per heavy atom. The summed E-state index contributed by atoms with van der Waals surface area (Å²) >= 11 is 0. The lowest BCUT2D eigenvalue weighted by atomic mass is 9.97. The molecule has 0 radical (unpaired) electrons. The fourth-order valence-corrected chi connectivity index (χ4v) is 4.05. The van der Waals surface area contributed by atoms with Crippen LogP contribution >= 0.6 is 0 Å². The number of hydrogen-bond donors (Lipinski definition) is 0. The highest BCUT2D eigenvalue weighted by Gasteiger charge is 2.38. The number of nitrogens with zero attached hydrogens (tertiary/aromatic N) is 4. The van der Waals surface area contributed by atoms with Gasteiger partial charge < -0.3 is 14.5 Å². The van der Waals surface area contributed by atoms with Crippen LogP contribution in [0.5, 0.6) is 0 Å². The minimum atomic E-state index is -0.154. The molecule has 23 heavy (non-hydrogen) atoms. The second-order valence-electron chi connectivity index (χ2n) is 7.09. The summed E-state index contributed by atoms with van der Waals surface area (Å²) in [5.41, 5.74) is 0. The fourth-order valence-electron chi connectivity index (χ4n) is 4.05. The molecule has 6 heteroatoms. The number of nitriles is 1. The molecule has 3 aliphatic rings. The third kappa shape index (κ3) is 3.96. The van der Waals surface area contributed by atoms with Gasteiger partial charge in [0.15, 0.2) is 6.19 Å². The van der Waals surface area contributed by atoms with Crippen molar-refractivity contribution < 1.29 is 9.53 Å². The highest BCUT2D eigenvalue weighted by Crippen LogP contribution is 2.22. The van der Waals surface area contributed by atoms with Gasteiger partial charge in [-0.2, -0.15) is 5.26 Å². The van der Waals surface area contributed by atoms with Crippen LogP contribution in [-0.4, -0.2) is 78.1 Å². The normalized spacial score (nSPS) is 28.3. The Hall–Kier alpha value is -1.32. The molecule has 0 bridgehead atoms. The van der Waals surface area contributed by atoms with Crippen LogP contribution in [0.15, 0.2) is 0 Å². The van der Waals surface area contributed by atoms with E-state index < -0.39 is 0 Å². The van der Waals surface area contributed by atoms with E-state index in [2.05, 4.69) is 18.0 Å². The van der Waals surface area contributed by atoms with E-state index in [0.717, 1.165) is 39.0 Å². The molecule has 2 saturated heterocycles. The summed E-state index contributed by atoms with van der Waals surface area (Å²) in [6.07, 6.45) is 8.81. The van der Waals surface area contributed by atoms with Gasteiger partial charge in [0, 0.05) is 32.7 Å². The Balaban J connectivity index is 1.52. The van der Waals surface area contributed by atoms with Gasteiger partial charge in [-0.05, 0) is 19.8 Å². The van der Waals surface area contributed by atoms with Gasteiger partial charge >= 0.3 is 0 Å². The van der Waals surface area contributed by atoms with Gasteiger partial charge in [-0.25, -0.2) is 0 Å². The standard InChI is InChI=1S/C17H28N4O2/c1-14(23-15-5-3-2-4-6-15)11-21-10-9-20-8-7-19(13-18)12-16(20)17(21)22/h14-16H,2-12H2,1H3/t14?,16-/m1/s1. The molecule has 2 heterocycles. The first-order chi connectivity index (χ1) is 11.2. The van der Waals surface area contributed by atoms with Crippen molar-refractivity contribution in [3.05, 3.63) is 0 Å². The van der Waals surface area contributed by atoms with E-state index in [1.165, 1.54) is 19.3 Å². The number of carbonyl (C=O) groups is 1. The fraction of sp³-hybridized carbons (Fsp3) is 0.882. The van der Waals surface area contributed by atoms with Crippen molar-refractivity contribution >= 4 is 5.91 Å². The average Bonchev–Trinajstić information content (AvgIpc) is 2.58. The predicted octanol–water partition coefficient (Wildman–Crippen LogP) is 1.03. The first kappa shape index (κ1) is 16.5. The molecule has 1 amide bonds. The third-order valence-electron chi connectivity index (χ3n) is 5.34. The number of fused-ring (bicyclic) bond motifs is 1. The van der Waals surface area contributed by atoms with Gasteiger partial charge in [-0.3, -0.25) is 9.69 Å². The first-order valence-electron chi connectivity index (χ1n) is 9.00. The topological polar surface area (TPSA) is 59.8 Å². The van der Waals surface area contributed by atoms with Crippen molar-refractivity contribution in [2.24, 2.45) is 0 Å². The maximum Gasteiger partial charge on any atom is 0.241 e. The van der Waals surface area contributed by atoms with Gasteiger partial charge in [0.1, 0.15) is 6.04 Å². The summed E-state index contributed by atoms with van der Waals surface area (Å²) < 4.78 is 6.15. The minimum Gasteiger partial charge on any atom is -0.373 e. The Morgan fingerprint density at radius 2 is 1.96 bits per heavy atom. The van der Waals surface area contributed by atoms with E-state index in [1.807, 2.05) is 4.90 Å². The number of rotatable bonds is 4. The molecule has 0 N–H and O–H groups in total. The molecule has 0 spiro atoms. The Labute approximate surface area is 139 Å². The molecule has 3 fully saturated rings. The molecule has 1 unspecified atom stereocenters. The second kappa shape index (κ2) is 7.50. The highest BCUT2D eigenvalue weighted by atomic mass is 16.5. The van der Waals surface area contributed by atoms with Crippen LogP contribution in [0.3, 0.4) is 0 Å². The van der Waals surface area contributed by atoms with Crippen LogP contribution in [0.4, 0.5) is 0 Å². The number of carbonyl (C=O) groups excluding carboxylic acids is 1. The van der Waals surface area contributed by atoms with Gasteiger partial charge in [-0.1, -0.05) is 19.3 Å². The number of piperazine rings is 2. The van der Waals surface area contributed by atoms with Crippen LogP contribution in [0.25, 0.3) is 0 Å². The minimum absolute atomic E-state index is 0.0873. The Kier molecular flexibility index (Phi) is 5.39. The number of amides is 1. The van der Waals surface area contributed by atoms with Gasteiger partial charge in [0.2, 0.25) is 5.91 Å². The van der Waals surface area contributed by atoms with E-state index in [9.17, 15) is 4.79 Å². The predicted molar refractivity (Wildman–Crippen MR) is 86.5 cm³/mol. The SMILES string of the molecule is CC(CN1CCN2CCN(C#N)C[C@@H]2C1=O)OC1CCCCC1. The summed E-state index contributed by atoms with van der Waals surface area (Å²) in [7, 11) is 0. The molecule has 1 aliphatic carbocycles. The summed E-state index contributed by atoms with van der Waals surface area (Å²) in [5.74, 6) is 0.162. The van der Waals surface area contributed by atoms with E-state index in [4.69, 9.17) is 10.00 Å². The number of ether oxygens (including phenoxy) is 1. The second-order valence-corrected chi connectivity index (χ2v) is 7.09. The van der Waals surface area contributed by atoms with Crippen LogP contribution in [-0.2, 0) is 9.53 Å². The van der Waals surface area contributed by atoms with Crippen molar-refractivity contribution in [1.82, 2.24) is 14.7 Å². The Bertz CT molecular complexity index is 458. The van der Waals surface area contributed by atoms with Crippen molar-refractivity contribution in [2.45, 2.75) is 57.3 Å². The van der Waals surface area contributed by atoms with Gasteiger partial charge in [0.25, 0.3) is 0 Å². The lowest BCUT2D eigenvalue weighted by Gasteiger charge is -2.45. The average molecular weight is 320 g/mol. The zero-order valence-corrected chi connectivity index (χ0v) is 14.1. The van der Waals surface area contributed by atoms with E-state index in [-0.39, 0.29) is 18.1 Å². The van der Waals surface area contributed by atoms with Crippen LogP contribution in [0.2, 0.25) is 0 Å². The molecule has 1 saturated carbocycles. The lowest BCUT2D eigenvalue weighted by molar-refractivity contribution is -0.147. The molecule has 0 aromatic rings. The maximum absolute atomic E-state index is 12.7.